The molecule has 1 rings (SSSR count). The highest BCUT2D eigenvalue weighted by atomic mass is 16.5. The molecule has 1 aliphatic rings. The fourth-order valence-electron chi connectivity index (χ4n) is 1.88. The Labute approximate surface area is 98.1 Å². The molecule has 1 amide bonds. The van der Waals surface area contributed by atoms with E-state index in [0.29, 0.717) is 12.5 Å². The highest BCUT2D eigenvalue weighted by Gasteiger charge is 2.16. The van der Waals surface area contributed by atoms with Crippen molar-refractivity contribution in [1.29, 1.82) is 0 Å². The second-order valence-corrected chi connectivity index (χ2v) is 4.31. The van der Waals surface area contributed by atoms with Gasteiger partial charge in [0.2, 0.25) is 5.91 Å². The first-order valence-corrected chi connectivity index (χ1v) is 6.40. The van der Waals surface area contributed by atoms with Gasteiger partial charge in [0.1, 0.15) is 0 Å². The van der Waals surface area contributed by atoms with Crippen LogP contribution in [0.3, 0.4) is 0 Å². The molecule has 0 saturated carbocycles. The summed E-state index contributed by atoms with van der Waals surface area (Å²) >= 11 is 0. The van der Waals surface area contributed by atoms with Gasteiger partial charge in [-0.25, -0.2) is 0 Å². The van der Waals surface area contributed by atoms with Gasteiger partial charge in [0.15, 0.2) is 0 Å². The molecular formula is C12H24N2O2. The van der Waals surface area contributed by atoms with E-state index in [0.717, 1.165) is 45.6 Å². The van der Waals surface area contributed by atoms with Crippen LogP contribution in [0.1, 0.15) is 39.0 Å². The van der Waals surface area contributed by atoms with Crippen LogP contribution in [0.5, 0.6) is 0 Å². The summed E-state index contributed by atoms with van der Waals surface area (Å²) in [6.45, 7) is 5.45. The predicted molar refractivity (Wildman–Crippen MR) is 64.4 cm³/mol. The Kier molecular flexibility index (Phi) is 7.17. The van der Waals surface area contributed by atoms with Gasteiger partial charge in [-0.1, -0.05) is 6.92 Å². The zero-order chi connectivity index (χ0) is 11.6. The lowest BCUT2D eigenvalue weighted by molar-refractivity contribution is -0.121. The zero-order valence-corrected chi connectivity index (χ0v) is 10.3. The van der Waals surface area contributed by atoms with Crippen molar-refractivity contribution < 1.29 is 9.53 Å². The first-order valence-electron chi connectivity index (χ1n) is 6.40. The van der Waals surface area contributed by atoms with Crippen molar-refractivity contribution in [3.63, 3.8) is 0 Å². The number of hydrogen-bond donors (Lipinski definition) is 2. The van der Waals surface area contributed by atoms with Crippen LogP contribution >= 0.6 is 0 Å². The first kappa shape index (κ1) is 13.5. The maximum absolute atomic E-state index is 11.5. The van der Waals surface area contributed by atoms with Crippen molar-refractivity contribution in [2.75, 3.05) is 26.3 Å². The average molecular weight is 228 g/mol. The Morgan fingerprint density at radius 1 is 1.50 bits per heavy atom. The quantitative estimate of drug-likeness (QED) is 0.611. The van der Waals surface area contributed by atoms with Crippen LogP contribution in [-0.4, -0.2) is 38.3 Å². The van der Waals surface area contributed by atoms with Crippen molar-refractivity contribution >= 4 is 5.91 Å². The molecule has 1 unspecified atom stereocenters. The minimum Gasteiger partial charge on any atom is -0.381 e. The molecule has 0 aromatic rings. The number of carbonyl (C=O) groups excluding carboxylic acids is 1. The monoisotopic (exact) mass is 228 g/mol. The Bertz CT molecular complexity index is 191. The SMILES string of the molecule is CCCOCCCNC(=O)CC1CCCN1. The summed E-state index contributed by atoms with van der Waals surface area (Å²) in [5.74, 6) is 0.162. The number of nitrogens with one attached hydrogen (secondary N) is 2. The van der Waals surface area contributed by atoms with Gasteiger partial charge >= 0.3 is 0 Å². The van der Waals surface area contributed by atoms with Crippen LogP contribution < -0.4 is 10.6 Å². The predicted octanol–water partition coefficient (Wildman–Crippen LogP) is 1.06. The fraction of sp³-hybridized carbons (Fsp3) is 0.917. The summed E-state index contributed by atoms with van der Waals surface area (Å²) in [7, 11) is 0. The van der Waals surface area contributed by atoms with Gasteiger partial charge in [-0.2, -0.15) is 0 Å². The van der Waals surface area contributed by atoms with Crippen molar-refractivity contribution in [2.45, 2.75) is 45.1 Å². The maximum atomic E-state index is 11.5. The Hall–Kier alpha value is -0.610. The van der Waals surface area contributed by atoms with Crippen LogP contribution in [0.4, 0.5) is 0 Å². The summed E-state index contributed by atoms with van der Waals surface area (Å²) in [6.07, 6.45) is 4.91. The Morgan fingerprint density at radius 3 is 3.06 bits per heavy atom. The fourth-order valence-corrected chi connectivity index (χ4v) is 1.88. The van der Waals surface area contributed by atoms with Crippen LogP contribution in [0.25, 0.3) is 0 Å². The van der Waals surface area contributed by atoms with Gasteiger partial charge in [-0.05, 0) is 32.2 Å². The Morgan fingerprint density at radius 2 is 2.38 bits per heavy atom. The van der Waals surface area contributed by atoms with Crippen molar-refractivity contribution in [3.05, 3.63) is 0 Å². The topological polar surface area (TPSA) is 50.4 Å². The highest BCUT2D eigenvalue weighted by Crippen LogP contribution is 2.07. The number of amides is 1. The first-order chi connectivity index (χ1) is 7.83. The van der Waals surface area contributed by atoms with Crippen LogP contribution in [0.2, 0.25) is 0 Å². The van der Waals surface area contributed by atoms with Crippen LogP contribution in [0, 0.1) is 0 Å². The van der Waals surface area contributed by atoms with Crippen LogP contribution in [0.15, 0.2) is 0 Å². The molecule has 0 radical (unpaired) electrons. The molecule has 1 fully saturated rings. The molecule has 1 aliphatic heterocycles. The molecular weight excluding hydrogens is 204 g/mol. The molecule has 1 saturated heterocycles. The summed E-state index contributed by atoms with van der Waals surface area (Å²) in [4.78, 5) is 11.5. The number of ether oxygens (including phenoxy) is 1. The van der Waals surface area contributed by atoms with E-state index >= 15 is 0 Å². The molecule has 16 heavy (non-hydrogen) atoms. The third-order valence-electron chi connectivity index (χ3n) is 2.73. The number of hydrogen-bond acceptors (Lipinski definition) is 3. The minimum atomic E-state index is 0.162. The van der Waals surface area contributed by atoms with Gasteiger partial charge in [0.25, 0.3) is 0 Å². The lowest BCUT2D eigenvalue weighted by Gasteiger charge is -2.10. The van der Waals surface area contributed by atoms with E-state index in [-0.39, 0.29) is 5.91 Å². The smallest absolute Gasteiger partial charge is 0.221 e. The summed E-state index contributed by atoms with van der Waals surface area (Å²) in [5.41, 5.74) is 0. The zero-order valence-electron chi connectivity index (χ0n) is 10.3. The molecule has 0 aromatic carbocycles. The summed E-state index contributed by atoms with van der Waals surface area (Å²) in [6, 6.07) is 0.399. The molecule has 0 aromatic heterocycles. The van der Waals surface area contributed by atoms with Gasteiger partial charge in [-0.3, -0.25) is 4.79 Å². The lowest BCUT2D eigenvalue weighted by Crippen LogP contribution is -2.32. The minimum absolute atomic E-state index is 0.162. The second kappa shape index (κ2) is 8.53. The van der Waals surface area contributed by atoms with E-state index in [1.165, 1.54) is 6.42 Å². The summed E-state index contributed by atoms with van der Waals surface area (Å²) < 4.78 is 5.33. The number of rotatable bonds is 8. The van der Waals surface area contributed by atoms with Crippen molar-refractivity contribution in [3.8, 4) is 0 Å². The molecule has 4 heteroatoms. The van der Waals surface area contributed by atoms with Crippen molar-refractivity contribution in [1.82, 2.24) is 10.6 Å². The molecule has 0 aliphatic carbocycles. The standard InChI is InChI=1S/C12H24N2O2/c1-2-8-16-9-4-7-14-12(15)10-11-5-3-6-13-11/h11,13H,2-10H2,1H3,(H,14,15). The maximum Gasteiger partial charge on any atom is 0.221 e. The van der Waals surface area contributed by atoms with Crippen molar-refractivity contribution in [2.24, 2.45) is 0 Å². The average Bonchev–Trinajstić information content (AvgIpc) is 2.76. The second-order valence-electron chi connectivity index (χ2n) is 4.31. The van der Waals surface area contributed by atoms with Gasteiger partial charge in [0.05, 0.1) is 0 Å². The molecule has 1 heterocycles. The normalized spacial score (nSPS) is 19.9. The summed E-state index contributed by atoms with van der Waals surface area (Å²) in [5, 5.41) is 6.25. The van der Waals surface area contributed by atoms with Gasteiger partial charge in [-0.15, -0.1) is 0 Å². The van der Waals surface area contributed by atoms with E-state index in [2.05, 4.69) is 17.6 Å². The van der Waals surface area contributed by atoms with E-state index in [1.54, 1.807) is 0 Å². The molecule has 2 N–H and O–H groups in total. The highest BCUT2D eigenvalue weighted by molar-refractivity contribution is 5.76. The van der Waals surface area contributed by atoms with E-state index < -0.39 is 0 Å². The molecule has 94 valence electrons. The molecule has 1 atom stereocenters. The van der Waals surface area contributed by atoms with E-state index in [1.807, 2.05) is 0 Å². The number of carbonyl (C=O) groups is 1. The van der Waals surface area contributed by atoms with Gasteiger partial charge < -0.3 is 15.4 Å². The van der Waals surface area contributed by atoms with E-state index in [9.17, 15) is 4.79 Å². The lowest BCUT2D eigenvalue weighted by atomic mass is 10.1. The van der Waals surface area contributed by atoms with Gasteiger partial charge in [0, 0.05) is 32.2 Å². The third kappa shape index (κ3) is 6.08. The molecule has 0 bridgehead atoms. The molecule has 0 spiro atoms. The third-order valence-corrected chi connectivity index (χ3v) is 2.73. The van der Waals surface area contributed by atoms with Crippen LogP contribution in [-0.2, 0) is 9.53 Å². The molecule has 4 nitrogen and oxygen atoms in total. The largest absolute Gasteiger partial charge is 0.381 e. The Balaban J connectivity index is 1.89. The van der Waals surface area contributed by atoms with E-state index in [4.69, 9.17) is 4.74 Å².